The van der Waals surface area contributed by atoms with E-state index in [0.717, 1.165) is 18.8 Å². The second-order valence-corrected chi connectivity index (χ2v) is 6.84. The number of hydrogen-bond acceptors (Lipinski definition) is 1. The molecule has 116 valence electrons. The Hall–Kier alpha value is -0.590. The number of allylic oxidation sites excluding steroid dienone is 2. The van der Waals surface area contributed by atoms with Gasteiger partial charge in [-0.2, -0.15) is 0 Å². The van der Waals surface area contributed by atoms with E-state index in [-0.39, 0.29) is 0 Å². The van der Waals surface area contributed by atoms with E-state index in [1.54, 1.807) is 0 Å². The second-order valence-electron chi connectivity index (χ2n) is 6.84. The number of Topliss-reactive ketones (excluding diaryl/α,β-unsaturated/α-hetero) is 1. The van der Waals surface area contributed by atoms with Crippen molar-refractivity contribution in [1.82, 2.24) is 0 Å². The summed E-state index contributed by atoms with van der Waals surface area (Å²) in [5, 5.41) is 0. The third kappa shape index (κ3) is 5.81. The number of hydrogen-bond donors (Lipinski definition) is 0. The highest BCUT2D eigenvalue weighted by molar-refractivity contribution is 5.80. The smallest absolute Gasteiger partial charge is 0.135 e. The molecule has 1 heteroatoms. The van der Waals surface area contributed by atoms with E-state index in [1.165, 1.54) is 32.1 Å². The summed E-state index contributed by atoms with van der Waals surface area (Å²) in [4.78, 5) is 11.9. The molecular weight excluding hydrogens is 244 g/mol. The third-order valence-corrected chi connectivity index (χ3v) is 5.03. The molecule has 2 atom stereocenters. The van der Waals surface area contributed by atoms with E-state index in [0.29, 0.717) is 30.0 Å². The highest BCUT2D eigenvalue weighted by Gasteiger charge is 2.19. The molecule has 0 saturated heterocycles. The molecule has 0 amide bonds. The Morgan fingerprint density at radius 3 is 2.30 bits per heavy atom. The van der Waals surface area contributed by atoms with Crippen molar-refractivity contribution in [2.75, 3.05) is 0 Å². The molecule has 1 rings (SSSR count). The van der Waals surface area contributed by atoms with Crippen molar-refractivity contribution in [2.24, 2.45) is 23.7 Å². The molecule has 1 fully saturated rings. The summed E-state index contributed by atoms with van der Waals surface area (Å²) < 4.78 is 0. The fourth-order valence-corrected chi connectivity index (χ4v) is 3.38. The first-order valence-electron chi connectivity index (χ1n) is 8.79. The van der Waals surface area contributed by atoms with Crippen LogP contribution in [0.4, 0.5) is 0 Å². The average molecular weight is 278 g/mol. The first-order chi connectivity index (χ1) is 9.58. The van der Waals surface area contributed by atoms with Crippen molar-refractivity contribution in [3.63, 3.8) is 0 Å². The predicted octanol–water partition coefficient (Wildman–Crippen LogP) is 5.79. The van der Waals surface area contributed by atoms with Crippen molar-refractivity contribution < 1.29 is 4.79 Å². The van der Waals surface area contributed by atoms with Gasteiger partial charge in [-0.05, 0) is 49.9 Å². The zero-order chi connectivity index (χ0) is 15.0. The van der Waals surface area contributed by atoms with Crippen LogP contribution in [0.5, 0.6) is 0 Å². The van der Waals surface area contributed by atoms with Gasteiger partial charge in [0.15, 0.2) is 0 Å². The number of carbonyl (C=O) groups is 1. The van der Waals surface area contributed by atoms with Crippen molar-refractivity contribution in [2.45, 2.75) is 79.1 Å². The summed E-state index contributed by atoms with van der Waals surface area (Å²) in [5.74, 6) is 2.91. The molecule has 0 N–H and O–H groups in total. The molecule has 0 heterocycles. The fourth-order valence-electron chi connectivity index (χ4n) is 3.38. The fraction of sp³-hybridized carbons (Fsp3) is 0.842. The number of rotatable bonds is 9. The van der Waals surface area contributed by atoms with Crippen molar-refractivity contribution in [3.8, 4) is 0 Å². The van der Waals surface area contributed by atoms with Gasteiger partial charge in [-0.15, -0.1) is 0 Å². The monoisotopic (exact) mass is 278 g/mol. The van der Waals surface area contributed by atoms with E-state index in [2.05, 4.69) is 32.9 Å². The maximum atomic E-state index is 11.9. The van der Waals surface area contributed by atoms with Crippen LogP contribution < -0.4 is 0 Å². The van der Waals surface area contributed by atoms with Gasteiger partial charge in [-0.25, -0.2) is 0 Å². The topological polar surface area (TPSA) is 17.1 Å². The van der Waals surface area contributed by atoms with Crippen LogP contribution >= 0.6 is 0 Å². The summed E-state index contributed by atoms with van der Waals surface area (Å²) in [6.45, 7) is 8.76. The molecule has 1 nitrogen and oxygen atoms in total. The molecule has 0 aromatic carbocycles. The molecular formula is C19H34O. The lowest BCUT2D eigenvalue weighted by atomic mass is 9.84. The highest BCUT2D eigenvalue weighted by atomic mass is 16.1. The third-order valence-electron chi connectivity index (χ3n) is 5.03. The first kappa shape index (κ1) is 17.5. The lowest BCUT2D eigenvalue weighted by Gasteiger charge is -2.20. The van der Waals surface area contributed by atoms with Crippen LogP contribution in [-0.4, -0.2) is 5.78 Å². The Kier molecular flexibility index (Phi) is 8.18. The van der Waals surface area contributed by atoms with Gasteiger partial charge in [0, 0.05) is 12.3 Å². The predicted molar refractivity (Wildman–Crippen MR) is 87.7 cm³/mol. The molecule has 0 aromatic rings. The van der Waals surface area contributed by atoms with Gasteiger partial charge < -0.3 is 0 Å². The van der Waals surface area contributed by atoms with Gasteiger partial charge in [-0.1, -0.05) is 52.7 Å². The van der Waals surface area contributed by atoms with Gasteiger partial charge in [0.2, 0.25) is 0 Å². The summed E-state index contributed by atoms with van der Waals surface area (Å²) in [7, 11) is 0. The van der Waals surface area contributed by atoms with Crippen LogP contribution in [0, 0.1) is 23.7 Å². The van der Waals surface area contributed by atoms with Crippen molar-refractivity contribution in [3.05, 3.63) is 12.2 Å². The van der Waals surface area contributed by atoms with Crippen LogP contribution in [0.3, 0.4) is 0 Å². The molecule has 0 aliphatic heterocycles. The maximum absolute atomic E-state index is 11.9. The highest BCUT2D eigenvalue weighted by Crippen LogP contribution is 2.29. The minimum atomic E-state index is 0.293. The SMILES string of the molecule is CCC(=O)C(CC)CCC(/C=C/C1CCCC1)C(C)C. The maximum Gasteiger partial charge on any atom is 0.135 e. The normalized spacial score (nSPS) is 19.9. The quantitative estimate of drug-likeness (QED) is 0.488. The molecule has 0 aromatic heterocycles. The zero-order valence-corrected chi connectivity index (χ0v) is 14.0. The van der Waals surface area contributed by atoms with Crippen LogP contribution in [0.1, 0.15) is 79.1 Å². The summed E-state index contributed by atoms with van der Waals surface area (Å²) in [5.41, 5.74) is 0. The average Bonchev–Trinajstić information content (AvgIpc) is 2.94. The van der Waals surface area contributed by atoms with Gasteiger partial charge in [0.1, 0.15) is 5.78 Å². The van der Waals surface area contributed by atoms with Crippen LogP contribution in [0.15, 0.2) is 12.2 Å². The van der Waals surface area contributed by atoms with Crippen LogP contribution in [0.2, 0.25) is 0 Å². The summed E-state index contributed by atoms with van der Waals surface area (Å²) >= 11 is 0. The van der Waals surface area contributed by atoms with E-state index in [4.69, 9.17) is 0 Å². The molecule has 0 bridgehead atoms. The van der Waals surface area contributed by atoms with Crippen LogP contribution in [0.25, 0.3) is 0 Å². The zero-order valence-electron chi connectivity index (χ0n) is 14.0. The lowest BCUT2D eigenvalue weighted by Crippen LogP contribution is -2.15. The Bertz CT molecular complexity index is 297. The van der Waals surface area contributed by atoms with Gasteiger partial charge in [0.05, 0.1) is 0 Å². The second kappa shape index (κ2) is 9.37. The first-order valence-corrected chi connectivity index (χ1v) is 8.79. The van der Waals surface area contributed by atoms with Gasteiger partial charge >= 0.3 is 0 Å². The Labute approximate surface area is 126 Å². The van der Waals surface area contributed by atoms with E-state index < -0.39 is 0 Å². The van der Waals surface area contributed by atoms with E-state index in [9.17, 15) is 4.79 Å². The van der Waals surface area contributed by atoms with E-state index >= 15 is 0 Å². The molecule has 20 heavy (non-hydrogen) atoms. The standard InChI is InChI=1S/C19H34O/c1-5-17(19(20)6-2)13-14-18(15(3)4)12-11-16-9-7-8-10-16/h11-12,15-18H,5-10,13-14H2,1-4H3/b12-11+. The minimum Gasteiger partial charge on any atom is -0.299 e. The summed E-state index contributed by atoms with van der Waals surface area (Å²) in [6, 6.07) is 0. The van der Waals surface area contributed by atoms with Crippen LogP contribution in [-0.2, 0) is 4.79 Å². The van der Waals surface area contributed by atoms with E-state index in [1.807, 2.05) is 6.92 Å². The van der Waals surface area contributed by atoms with Crippen molar-refractivity contribution in [1.29, 1.82) is 0 Å². The largest absolute Gasteiger partial charge is 0.299 e. The van der Waals surface area contributed by atoms with Gasteiger partial charge in [0.25, 0.3) is 0 Å². The summed E-state index contributed by atoms with van der Waals surface area (Å²) in [6.07, 6.45) is 14.5. The molecule has 1 aliphatic carbocycles. The Morgan fingerprint density at radius 1 is 1.15 bits per heavy atom. The molecule has 0 radical (unpaired) electrons. The molecule has 0 spiro atoms. The molecule has 2 unspecified atom stereocenters. The molecule has 1 aliphatic rings. The van der Waals surface area contributed by atoms with Crippen molar-refractivity contribution >= 4 is 5.78 Å². The minimum absolute atomic E-state index is 0.293. The van der Waals surface area contributed by atoms with Gasteiger partial charge in [-0.3, -0.25) is 4.79 Å². The Balaban J connectivity index is 2.47. The molecule has 1 saturated carbocycles. The number of carbonyl (C=O) groups excluding carboxylic acids is 1. The lowest BCUT2D eigenvalue weighted by molar-refractivity contribution is -0.122. The Morgan fingerprint density at radius 2 is 1.80 bits per heavy atom. The number of ketones is 1.